The number of H-pyrrole nitrogens is 1. The molecule has 21 heavy (non-hydrogen) atoms. The van der Waals surface area contributed by atoms with Gasteiger partial charge in [-0.15, -0.1) is 11.3 Å². The van der Waals surface area contributed by atoms with Gasteiger partial charge in [0.15, 0.2) is 5.82 Å². The van der Waals surface area contributed by atoms with Gasteiger partial charge in [-0.1, -0.05) is 41.9 Å². The minimum Gasteiger partial charge on any atom is -0.305 e. The molecule has 2 aromatic heterocycles. The van der Waals surface area contributed by atoms with Crippen molar-refractivity contribution in [3.63, 3.8) is 0 Å². The van der Waals surface area contributed by atoms with Crippen LogP contribution in [0.2, 0.25) is 4.34 Å². The van der Waals surface area contributed by atoms with Crippen molar-refractivity contribution in [3.05, 3.63) is 60.0 Å². The molecule has 3 rings (SSSR count). The summed E-state index contributed by atoms with van der Waals surface area (Å²) < 4.78 is 1.83. The monoisotopic (exact) mass is 444 g/mol. The number of nitrogens with zero attached hydrogens (tertiary/aromatic N) is 1. The van der Waals surface area contributed by atoms with E-state index in [9.17, 15) is 4.79 Å². The van der Waals surface area contributed by atoms with Crippen LogP contribution in [0.3, 0.4) is 0 Å². The molecule has 0 aliphatic rings. The Balaban J connectivity index is 2.21. The van der Waals surface area contributed by atoms with Gasteiger partial charge >= 0.3 is 0 Å². The maximum absolute atomic E-state index is 12.1. The molecule has 3 nitrogen and oxygen atoms in total. The Hall–Kier alpha value is -0.950. The molecule has 0 bridgehead atoms. The van der Waals surface area contributed by atoms with E-state index in [0.717, 1.165) is 14.9 Å². The van der Waals surface area contributed by atoms with Crippen LogP contribution in [0.4, 0.5) is 0 Å². The Labute approximate surface area is 146 Å². The number of hydrogen-bond donors (Lipinski definition) is 1. The highest BCUT2D eigenvalue weighted by atomic mass is 79.9. The first-order chi connectivity index (χ1) is 10.1. The van der Waals surface area contributed by atoms with Crippen LogP contribution in [-0.2, 0) is 0 Å². The molecule has 0 spiro atoms. The maximum Gasteiger partial charge on any atom is 0.266 e. The first-order valence-electron chi connectivity index (χ1n) is 5.86. The maximum atomic E-state index is 12.1. The van der Waals surface area contributed by atoms with E-state index in [0.29, 0.717) is 20.3 Å². The van der Waals surface area contributed by atoms with Crippen LogP contribution in [-0.4, -0.2) is 9.97 Å². The quantitative estimate of drug-likeness (QED) is 0.577. The Morgan fingerprint density at radius 3 is 2.52 bits per heavy atom. The standard InChI is InChI=1S/C14H7Br2ClN2OS/c15-8-6-9(21-12(8)17)13-18-11(10(16)14(20)19-13)7-4-2-1-3-5-7/h1-6H,(H,18,19,20). The molecule has 1 N–H and O–H groups in total. The molecule has 7 heteroatoms. The van der Waals surface area contributed by atoms with E-state index in [1.165, 1.54) is 11.3 Å². The van der Waals surface area contributed by atoms with Gasteiger partial charge in [0.2, 0.25) is 0 Å². The van der Waals surface area contributed by atoms with Crippen molar-refractivity contribution in [1.82, 2.24) is 9.97 Å². The van der Waals surface area contributed by atoms with E-state index < -0.39 is 0 Å². The lowest BCUT2D eigenvalue weighted by atomic mass is 10.1. The zero-order chi connectivity index (χ0) is 15.0. The van der Waals surface area contributed by atoms with Crippen molar-refractivity contribution in [2.45, 2.75) is 0 Å². The summed E-state index contributed by atoms with van der Waals surface area (Å²) >= 11 is 14.1. The van der Waals surface area contributed by atoms with Gasteiger partial charge in [-0.2, -0.15) is 0 Å². The van der Waals surface area contributed by atoms with Crippen LogP contribution >= 0.6 is 54.8 Å². The van der Waals surface area contributed by atoms with Gasteiger partial charge in [0, 0.05) is 10.0 Å². The Morgan fingerprint density at radius 2 is 1.90 bits per heavy atom. The van der Waals surface area contributed by atoms with Crippen LogP contribution < -0.4 is 5.56 Å². The second-order valence-electron chi connectivity index (χ2n) is 4.18. The van der Waals surface area contributed by atoms with E-state index in [2.05, 4.69) is 41.8 Å². The minimum absolute atomic E-state index is 0.223. The van der Waals surface area contributed by atoms with Gasteiger partial charge in [0.1, 0.15) is 8.81 Å². The lowest BCUT2D eigenvalue weighted by Gasteiger charge is -2.05. The Morgan fingerprint density at radius 1 is 1.19 bits per heavy atom. The minimum atomic E-state index is -0.223. The highest BCUT2D eigenvalue weighted by molar-refractivity contribution is 9.11. The highest BCUT2D eigenvalue weighted by Crippen LogP contribution is 2.37. The molecule has 2 heterocycles. The molecule has 0 fully saturated rings. The second kappa shape index (κ2) is 6.04. The van der Waals surface area contributed by atoms with Gasteiger partial charge in [-0.05, 0) is 37.9 Å². The third kappa shape index (κ3) is 2.99. The number of rotatable bonds is 2. The molecule has 0 aliphatic heterocycles. The molecule has 0 aliphatic carbocycles. The van der Waals surface area contributed by atoms with Gasteiger partial charge < -0.3 is 4.98 Å². The fraction of sp³-hybridized carbons (Fsp3) is 0. The zero-order valence-corrected chi connectivity index (χ0v) is 15.1. The molecule has 0 amide bonds. The molecule has 106 valence electrons. The molecule has 0 atom stereocenters. The third-order valence-corrected chi connectivity index (χ3v) is 6.01. The van der Waals surface area contributed by atoms with E-state index in [1.807, 2.05) is 36.4 Å². The molecule has 3 aromatic rings. The fourth-order valence-corrected chi connectivity index (χ4v) is 3.89. The van der Waals surface area contributed by atoms with E-state index >= 15 is 0 Å². The van der Waals surface area contributed by atoms with Gasteiger partial charge in [-0.3, -0.25) is 4.79 Å². The SMILES string of the molecule is O=c1[nH]c(-c2cc(Br)c(Cl)s2)nc(-c2ccccc2)c1Br. The van der Waals surface area contributed by atoms with E-state index in [-0.39, 0.29) is 5.56 Å². The highest BCUT2D eigenvalue weighted by Gasteiger charge is 2.14. The van der Waals surface area contributed by atoms with Crippen molar-refractivity contribution in [2.75, 3.05) is 0 Å². The predicted molar refractivity (Wildman–Crippen MR) is 94.0 cm³/mol. The summed E-state index contributed by atoms with van der Waals surface area (Å²) in [6, 6.07) is 11.4. The summed E-state index contributed by atoms with van der Waals surface area (Å²) in [6.07, 6.45) is 0. The van der Waals surface area contributed by atoms with Crippen LogP contribution in [0.1, 0.15) is 0 Å². The number of benzene rings is 1. The van der Waals surface area contributed by atoms with Crippen LogP contribution in [0.25, 0.3) is 22.0 Å². The fourth-order valence-electron chi connectivity index (χ4n) is 1.83. The number of halogens is 3. The van der Waals surface area contributed by atoms with Crippen LogP contribution in [0.5, 0.6) is 0 Å². The molecule has 0 radical (unpaired) electrons. The average Bonchev–Trinajstić information content (AvgIpc) is 2.82. The molecular formula is C14H7Br2ClN2OS. The van der Waals surface area contributed by atoms with Crippen molar-refractivity contribution >= 4 is 54.8 Å². The van der Waals surface area contributed by atoms with Gasteiger partial charge in [0.05, 0.1) is 10.6 Å². The molecule has 0 unspecified atom stereocenters. The Kier molecular flexibility index (Phi) is 4.31. The van der Waals surface area contributed by atoms with Crippen LogP contribution in [0.15, 0.2) is 50.1 Å². The first kappa shape index (κ1) is 15.0. The van der Waals surface area contributed by atoms with E-state index in [4.69, 9.17) is 11.6 Å². The molecule has 0 saturated carbocycles. The molecular weight excluding hydrogens is 439 g/mol. The average molecular weight is 447 g/mol. The summed E-state index contributed by atoms with van der Waals surface area (Å²) in [4.78, 5) is 20.2. The van der Waals surface area contributed by atoms with Gasteiger partial charge in [-0.25, -0.2) is 4.98 Å². The largest absolute Gasteiger partial charge is 0.305 e. The van der Waals surface area contributed by atoms with Crippen molar-refractivity contribution in [3.8, 4) is 22.0 Å². The number of aromatic amines is 1. The smallest absolute Gasteiger partial charge is 0.266 e. The lowest BCUT2D eigenvalue weighted by molar-refractivity contribution is 1.12. The Bertz CT molecular complexity index is 842. The second-order valence-corrected chi connectivity index (χ2v) is 7.48. The molecule has 0 saturated heterocycles. The lowest BCUT2D eigenvalue weighted by Crippen LogP contribution is -2.11. The van der Waals surface area contributed by atoms with E-state index in [1.54, 1.807) is 0 Å². The first-order valence-corrected chi connectivity index (χ1v) is 8.65. The van der Waals surface area contributed by atoms with Crippen LogP contribution in [0, 0.1) is 0 Å². The summed E-state index contributed by atoms with van der Waals surface area (Å²) in [7, 11) is 0. The van der Waals surface area contributed by atoms with Crippen molar-refractivity contribution < 1.29 is 0 Å². The summed E-state index contributed by atoms with van der Waals surface area (Å²) in [6.45, 7) is 0. The summed E-state index contributed by atoms with van der Waals surface area (Å²) in [5.74, 6) is 0.500. The molecule has 1 aromatic carbocycles. The summed E-state index contributed by atoms with van der Waals surface area (Å²) in [5, 5.41) is 0. The third-order valence-electron chi connectivity index (χ3n) is 2.79. The number of nitrogens with one attached hydrogen (secondary N) is 1. The number of thiophene rings is 1. The van der Waals surface area contributed by atoms with Crippen molar-refractivity contribution in [2.24, 2.45) is 0 Å². The zero-order valence-electron chi connectivity index (χ0n) is 10.4. The van der Waals surface area contributed by atoms with Crippen molar-refractivity contribution in [1.29, 1.82) is 0 Å². The number of hydrogen-bond acceptors (Lipinski definition) is 3. The summed E-state index contributed by atoms with van der Waals surface area (Å²) in [5.41, 5.74) is 1.26. The van der Waals surface area contributed by atoms with Gasteiger partial charge in [0.25, 0.3) is 5.56 Å². The predicted octanol–water partition coefficient (Wildman–Crippen LogP) is 5.34. The normalized spacial score (nSPS) is 10.8. The number of aromatic nitrogens is 2. The topological polar surface area (TPSA) is 45.8 Å².